The van der Waals surface area contributed by atoms with Gasteiger partial charge in [0.15, 0.2) is 0 Å². The standard InChI is InChI=1S/C32H24N4O.Pt/c1-22-16-17-33-32(18-22)36-28-11-4-3-10-26(28)27-15-14-25(20-31(27)36)37-24-9-7-8-23(19-24)35-21-34(2)29-12-5-6-13-30(29)35;/h3-20H,1-2H3;. The summed E-state index contributed by atoms with van der Waals surface area (Å²) in [6, 6.07) is 35.6. The van der Waals surface area contributed by atoms with Crippen molar-refractivity contribution in [2.75, 3.05) is 0 Å². The molecule has 0 radical (unpaired) electrons. The molecule has 5 nitrogen and oxygen atoms in total. The Labute approximate surface area is 230 Å². The number of rotatable bonds is 4. The first kappa shape index (κ1) is 22.9. The summed E-state index contributed by atoms with van der Waals surface area (Å²) in [5, 5.41) is 2.37. The van der Waals surface area contributed by atoms with Crippen LogP contribution >= 0.6 is 0 Å². The molecule has 188 valence electrons. The topological polar surface area (TPSA) is 36.9 Å². The molecule has 0 fully saturated rings. The van der Waals surface area contributed by atoms with Gasteiger partial charge in [0.05, 0.1) is 0 Å². The van der Waals surface area contributed by atoms with E-state index in [-0.39, 0.29) is 0 Å². The summed E-state index contributed by atoms with van der Waals surface area (Å²) < 4.78 is 14.3. The van der Waals surface area contributed by atoms with Crippen molar-refractivity contribution in [3.63, 3.8) is 0 Å². The number of imidazole rings is 1. The van der Waals surface area contributed by atoms with E-state index in [0.717, 1.165) is 43.4 Å². The minimum absolute atomic E-state index is 0.782. The van der Waals surface area contributed by atoms with Gasteiger partial charge >= 0.3 is 194 Å². The van der Waals surface area contributed by atoms with E-state index < -0.39 is 0 Å². The number of pyridine rings is 1. The third-order valence-electron chi connectivity index (χ3n) is 7.00. The Morgan fingerprint density at radius 1 is 0.658 bits per heavy atom. The molecule has 6 heteroatoms. The Morgan fingerprint density at radius 3 is 2.24 bits per heavy atom. The summed E-state index contributed by atoms with van der Waals surface area (Å²) >= 11 is 2.38. The first-order valence-electron chi connectivity index (χ1n) is 12.4. The SMILES string of the molecule is Cc1ccnc(-n2c3ccccc3c3ccc(Oc4cccc(-n5[c](=[Pt])n(C)c6ccccc65)c4)cc32)c1. The van der Waals surface area contributed by atoms with Gasteiger partial charge in [0, 0.05) is 6.20 Å². The molecular weight excluding hydrogens is 651 g/mol. The van der Waals surface area contributed by atoms with Gasteiger partial charge in [-0.15, -0.1) is 0 Å². The van der Waals surface area contributed by atoms with Crippen molar-refractivity contribution in [3.05, 3.63) is 119 Å². The molecule has 0 aliphatic rings. The normalized spacial score (nSPS) is 11.6. The first-order valence-corrected chi connectivity index (χ1v) is 13.6. The summed E-state index contributed by atoms with van der Waals surface area (Å²) in [6.45, 7) is 2.09. The molecule has 4 aromatic carbocycles. The van der Waals surface area contributed by atoms with Crippen molar-refractivity contribution < 1.29 is 24.1 Å². The second-order valence-electron chi connectivity index (χ2n) is 9.45. The quantitative estimate of drug-likeness (QED) is 0.192. The van der Waals surface area contributed by atoms with Gasteiger partial charge in [0.1, 0.15) is 0 Å². The number of ether oxygens (including phenoxy) is 1. The van der Waals surface area contributed by atoms with E-state index in [1.807, 2.05) is 30.5 Å². The molecule has 7 rings (SSSR count). The number of nitrogens with zero attached hydrogens (tertiary/aromatic N) is 4. The minimum atomic E-state index is 0.782. The molecule has 7 aromatic rings. The zero-order valence-corrected chi connectivity index (χ0v) is 23.2. The molecule has 0 spiro atoms. The Morgan fingerprint density at radius 2 is 1.39 bits per heavy atom. The van der Waals surface area contributed by atoms with E-state index in [4.69, 9.17) is 9.72 Å². The van der Waals surface area contributed by atoms with Crippen LogP contribution in [0.25, 0.3) is 44.3 Å². The van der Waals surface area contributed by atoms with Gasteiger partial charge in [-0.1, -0.05) is 12.1 Å². The number of para-hydroxylation sites is 3. The Kier molecular flexibility index (Phi) is 5.41. The average Bonchev–Trinajstić information content (AvgIpc) is 3.40. The van der Waals surface area contributed by atoms with Crippen LogP contribution in [0, 0.1) is 10.7 Å². The summed E-state index contributed by atoms with van der Waals surface area (Å²) in [5.41, 5.74) is 6.77. The van der Waals surface area contributed by atoms with Crippen LogP contribution in [0.5, 0.6) is 11.5 Å². The average molecular weight is 676 g/mol. The molecule has 0 aliphatic carbocycles. The van der Waals surface area contributed by atoms with E-state index in [0.29, 0.717) is 0 Å². The molecule has 0 aliphatic heterocycles. The van der Waals surface area contributed by atoms with Crippen molar-refractivity contribution in [1.29, 1.82) is 0 Å². The number of benzene rings is 4. The van der Waals surface area contributed by atoms with Crippen molar-refractivity contribution in [3.8, 4) is 23.0 Å². The number of fused-ring (bicyclic) bond motifs is 4. The van der Waals surface area contributed by atoms with Gasteiger partial charge in [-0.25, -0.2) is 0 Å². The Balaban J connectivity index is 1.34. The van der Waals surface area contributed by atoms with Crippen LogP contribution in [-0.4, -0.2) is 18.7 Å². The Hall–Kier alpha value is -4.21. The Bertz CT molecular complexity index is 2060. The number of aromatic nitrogens is 4. The van der Waals surface area contributed by atoms with Crippen LogP contribution in [0.2, 0.25) is 0 Å². The third-order valence-corrected chi connectivity index (χ3v) is 8.27. The van der Waals surface area contributed by atoms with Gasteiger partial charge in [-0.3, -0.25) is 0 Å². The molecule has 0 saturated carbocycles. The van der Waals surface area contributed by atoms with Crippen LogP contribution in [0.3, 0.4) is 0 Å². The summed E-state index contributed by atoms with van der Waals surface area (Å²) in [5.74, 6) is 2.47. The van der Waals surface area contributed by atoms with Crippen molar-refractivity contribution >= 4 is 32.8 Å². The van der Waals surface area contributed by atoms with Crippen molar-refractivity contribution in [2.24, 2.45) is 7.05 Å². The number of hydrogen-bond acceptors (Lipinski definition) is 2. The fourth-order valence-corrected chi connectivity index (χ4v) is 6.07. The van der Waals surface area contributed by atoms with E-state index >= 15 is 0 Å². The van der Waals surface area contributed by atoms with E-state index in [1.54, 1.807) is 0 Å². The predicted octanol–water partition coefficient (Wildman–Crippen LogP) is 7.64. The van der Waals surface area contributed by atoms with Crippen molar-refractivity contribution in [2.45, 2.75) is 6.92 Å². The van der Waals surface area contributed by atoms with Crippen LogP contribution in [-0.2, 0) is 26.4 Å². The predicted molar refractivity (Wildman–Crippen MR) is 149 cm³/mol. The molecular formula is C32H24N4OPt. The molecule has 3 heterocycles. The second-order valence-corrected chi connectivity index (χ2v) is 10.5. The van der Waals surface area contributed by atoms with Gasteiger partial charge in [0.25, 0.3) is 0 Å². The molecule has 3 aromatic heterocycles. The van der Waals surface area contributed by atoms with Crippen molar-refractivity contribution in [1.82, 2.24) is 18.7 Å². The number of aryl methyl sites for hydroxylation is 2. The molecule has 0 unspecified atom stereocenters. The molecule has 0 N–H and O–H groups in total. The van der Waals surface area contributed by atoms with Gasteiger partial charge in [-0.05, 0) is 18.6 Å². The second kappa shape index (κ2) is 8.97. The monoisotopic (exact) mass is 675 g/mol. The molecule has 38 heavy (non-hydrogen) atoms. The molecule has 0 amide bonds. The van der Waals surface area contributed by atoms with Crippen LogP contribution in [0.1, 0.15) is 5.56 Å². The van der Waals surface area contributed by atoms with E-state index in [2.05, 4.69) is 126 Å². The van der Waals surface area contributed by atoms with E-state index in [1.165, 1.54) is 21.9 Å². The molecule has 0 saturated heterocycles. The van der Waals surface area contributed by atoms with Gasteiger partial charge in [-0.2, -0.15) is 0 Å². The number of hydrogen-bond donors (Lipinski definition) is 0. The summed E-state index contributed by atoms with van der Waals surface area (Å²) in [4.78, 5) is 4.69. The summed E-state index contributed by atoms with van der Waals surface area (Å²) in [7, 11) is 2.10. The van der Waals surface area contributed by atoms with Gasteiger partial charge in [0.2, 0.25) is 0 Å². The van der Waals surface area contributed by atoms with Crippen LogP contribution in [0.15, 0.2) is 109 Å². The zero-order chi connectivity index (χ0) is 25.8. The van der Waals surface area contributed by atoms with Gasteiger partial charge < -0.3 is 0 Å². The molecule has 0 atom stereocenters. The summed E-state index contributed by atoms with van der Waals surface area (Å²) in [6.07, 6.45) is 1.86. The van der Waals surface area contributed by atoms with E-state index in [9.17, 15) is 0 Å². The van der Waals surface area contributed by atoms with Crippen LogP contribution < -0.4 is 4.74 Å². The third kappa shape index (κ3) is 3.66. The fraction of sp³-hybridized carbons (Fsp3) is 0.0625. The van der Waals surface area contributed by atoms with Crippen LogP contribution in [0.4, 0.5) is 0 Å². The first-order chi connectivity index (χ1) is 18.6. The maximum atomic E-state index is 6.46. The fourth-order valence-electron chi connectivity index (χ4n) is 5.23. The zero-order valence-electron chi connectivity index (χ0n) is 20.9. The molecule has 0 bridgehead atoms. The maximum absolute atomic E-state index is 6.46.